The first-order valence-corrected chi connectivity index (χ1v) is 11.8. The molecule has 5 rings (SSSR count). The number of fused-ring (bicyclic) bond motifs is 1. The fraction of sp³-hybridized carbons (Fsp3) is 0.524. The average molecular weight is 416 g/mol. The molecule has 1 N–H and O–H groups in total. The molecular formula is C21H25N3O2S2. The maximum absolute atomic E-state index is 13.4. The van der Waals surface area contributed by atoms with Crippen molar-refractivity contribution < 1.29 is 9.59 Å². The second-order valence-electron chi connectivity index (χ2n) is 8.20. The first-order chi connectivity index (χ1) is 13.6. The molecule has 3 aliphatic rings. The van der Waals surface area contributed by atoms with E-state index < -0.39 is 5.54 Å². The van der Waals surface area contributed by atoms with Crippen molar-refractivity contribution in [1.29, 1.82) is 0 Å². The molecule has 7 heteroatoms. The lowest BCUT2D eigenvalue weighted by atomic mass is 9.73. The Hall–Kier alpha value is -1.70. The van der Waals surface area contributed by atoms with E-state index in [2.05, 4.69) is 46.1 Å². The van der Waals surface area contributed by atoms with Crippen LogP contribution >= 0.6 is 22.7 Å². The van der Waals surface area contributed by atoms with Crippen molar-refractivity contribution >= 4 is 34.6 Å². The van der Waals surface area contributed by atoms with E-state index in [1.807, 2.05) is 11.3 Å². The minimum atomic E-state index is -0.683. The highest BCUT2D eigenvalue weighted by molar-refractivity contribution is 7.10. The highest BCUT2D eigenvalue weighted by Gasteiger charge is 2.55. The van der Waals surface area contributed by atoms with Gasteiger partial charge in [0.05, 0.1) is 12.7 Å². The maximum atomic E-state index is 13.4. The summed E-state index contributed by atoms with van der Waals surface area (Å²) in [6.07, 6.45) is 4.88. The van der Waals surface area contributed by atoms with Crippen molar-refractivity contribution in [2.24, 2.45) is 5.92 Å². The quantitative estimate of drug-likeness (QED) is 0.764. The maximum Gasteiger partial charge on any atom is 0.326 e. The predicted octanol–water partition coefficient (Wildman–Crippen LogP) is 4.22. The lowest BCUT2D eigenvalue weighted by Gasteiger charge is -2.39. The molecule has 3 atom stereocenters. The molecule has 2 aromatic heterocycles. The fourth-order valence-corrected chi connectivity index (χ4v) is 6.89. The molecule has 0 unspecified atom stereocenters. The molecule has 4 heterocycles. The summed E-state index contributed by atoms with van der Waals surface area (Å²) in [5.41, 5.74) is 0.642. The first kappa shape index (κ1) is 18.3. The number of carbonyl (C=O) groups is 2. The molecule has 28 heavy (non-hydrogen) atoms. The summed E-state index contributed by atoms with van der Waals surface area (Å²) in [6.45, 7) is 3.32. The van der Waals surface area contributed by atoms with Gasteiger partial charge >= 0.3 is 6.03 Å². The van der Waals surface area contributed by atoms with Crippen molar-refractivity contribution in [2.75, 3.05) is 13.2 Å². The number of urea groups is 1. The Morgan fingerprint density at radius 2 is 2.11 bits per heavy atom. The lowest BCUT2D eigenvalue weighted by molar-refractivity contribution is -0.136. The second-order valence-corrected chi connectivity index (χ2v) is 10.2. The lowest BCUT2D eigenvalue weighted by Crippen LogP contribution is -2.54. The molecule has 0 bridgehead atoms. The van der Waals surface area contributed by atoms with Crippen LogP contribution in [0.25, 0.3) is 0 Å². The minimum absolute atomic E-state index is 0.0225. The van der Waals surface area contributed by atoms with Gasteiger partial charge in [0.15, 0.2) is 0 Å². The van der Waals surface area contributed by atoms with Crippen molar-refractivity contribution in [3.05, 3.63) is 44.3 Å². The number of carbonyl (C=O) groups excluding carboxylic acids is 2. The standard InChI is InChI=1S/C21H25N3O2S2/c1-14-5-2-3-9-21(14)19(25)24(20(26)22-21)13-23-10-7-16-15(8-12-28-16)18(23)17-6-4-11-27-17/h4,6,8,11-12,14,18H,2-3,5,7,9-10,13H2,1H3,(H,22,26)/t14-,18-,21-/m1/s1. The third-order valence-corrected chi connectivity index (χ3v) is 8.62. The molecule has 1 saturated heterocycles. The highest BCUT2D eigenvalue weighted by Crippen LogP contribution is 2.41. The van der Waals surface area contributed by atoms with Crippen LogP contribution in [0.2, 0.25) is 0 Å². The Balaban J connectivity index is 1.44. The Bertz CT molecular complexity index is 893. The van der Waals surface area contributed by atoms with Crippen molar-refractivity contribution in [3.63, 3.8) is 0 Å². The fourth-order valence-electron chi connectivity index (χ4n) is 5.11. The third kappa shape index (κ3) is 2.75. The summed E-state index contributed by atoms with van der Waals surface area (Å²) < 4.78 is 0. The van der Waals surface area contributed by atoms with Gasteiger partial charge < -0.3 is 5.32 Å². The van der Waals surface area contributed by atoms with Crippen molar-refractivity contribution in [1.82, 2.24) is 15.1 Å². The van der Waals surface area contributed by atoms with E-state index in [9.17, 15) is 9.59 Å². The molecule has 3 amide bonds. The molecule has 2 aliphatic heterocycles. The number of nitrogens with zero attached hydrogens (tertiary/aromatic N) is 2. The van der Waals surface area contributed by atoms with E-state index >= 15 is 0 Å². The van der Waals surface area contributed by atoms with Gasteiger partial charge in [-0.25, -0.2) is 9.69 Å². The molecule has 1 aliphatic carbocycles. The SMILES string of the molecule is C[C@@H]1CCCC[C@@]12NC(=O)N(CN1CCc3sccc3[C@@H]1c1cccs1)C2=O. The van der Waals surface area contributed by atoms with E-state index in [1.165, 1.54) is 20.2 Å². The summed E-state index contributed by atoms with van der Waals surface area (Å²) in [5, 5.41) is 7.34. The number of thiophene rings is 2. The normalized spacial score (nSPS) is 30.7. The summed E-state index contributed by atoms with van der Waals surface area (Å²) in [4.78, 5) is 32.7. The molecule has 0 radical (unpaired) electrons. The van der Waals surface area contributed by atoms with Crippen LogP contribution in [-0.4, -0.2) is 40.5 Å². The van der Waals surface area contributed by atoms with Gasteiger partial charge in [-0.1, -0.05) is 25.8 Å². The number of rotatable bonds is 3. The summed E-state index contributed by atoms with van der Waals surface area (Å²) in [6, 6.07) is 6.33. The zero-order valence-corrected chi connectivity index (χ0v) is 17.7. The van der Waals surface area contributed by atoms with Crippen LogP contribution in [0.1, 0.15) is 54.0 Å². The Morgan fingerprint density at radius 3 is 2.89 bits per heavy atom. The predicted molar refractivity (Wildman–Crippen MR) is 111 cm³/mol. The minimum Gasteiger partial charge on any atom is -0.323 e. The van der Waals surface area contributed by atoms with E-state index in [0.29, 0.717) is 6.67 Å². The zero-order chi connectivity index (χ0) is 19.3. The Kier molecular flexibility index (Phi) is 4.56. The Labute approximate surface area is 173 Å². The third-order valence-electron chi connectivity index (χ3n) is 6.70. The largest absolute Gasteiger partial charge is 0.326 e. The van der Waals surface area contributed by atoms with E-state index in [0.717, 1.165) is 38.6 Å². The first-order valence-electron chi connectivity index (χ1n) is 10.1. The van der Waals surface area contributed by atoms with Crippen LogP contribution < -0.4 is 5.32 Å². The zero-order valence-electron chi connectivity index (χ0n) is 16.0. The van der Waals surface area contributed by atoms with Crippen LogP contribution in [0, 0.1) is 5.92 Å². The van der Waals surface area contributed by atoms with Gasteiger partial charge in [0.1, 0.15) is 5.54 Å². The molecule has 5 nitrogen and oxygen atoms in total. The second kappa shape index (κ2) is 6.97. The number of nitrogens with one attached hydrogen (secondary N) is 1. The van der Waals surface area contributed by atoms with Gasteiger partial charge in [0, 0.05) is 16.3 Å². The number of hydrogen-bond acceptors (Lipinski definition) is 5. The number of amides is 3. The highest BCUT2D eigenvalue weighted by atomic mass is 32.1. The molecule has 2 aromatic rings. The van der Waals surface area contributed by atoms with E-state index in [4.69, 9.17) is 0 Å². The smallest absolute Gasteiger partial charge is 0.323 e. The molecule has 1 saturated carbocycles. The van der Waals surface area contributed by atoms with Gasteiger partial charge in [0.2, 0.25) is 0 Å². The van der Waals surface area contributed by atoms with Crippen LogP contribution in [-0.2, 0) is 11.2 Å². The molecule has 1 spiro atoms. The summed E-state index contributed by atoms with van der Waals surface area (Å²) in [7, 11) is 0. The van der Waals surface area contributed by atoms with E-state index in [1.54, 1.807) is 11.3 Å². The van der Waals surface area contributed by atoms with Gasteiger partial charge in [0.25, 0.3) is 5.91 Å². The average Bonchev–Trinajstić information content (AvgIpc) is 3.42. The molecular weight excluding hydrogens is 390 g/mol. The van der Waals surface area contributed by atoms with Crippen molar-refractivity contribution in [2.45, 2.75) is 50.6 Å². The van der Waals surface area contributed by atoms with Crippen LogP contribution in [0.15, 0.2) is 29.0 Å². The van der Waals surface area contributed by atoms with Gasteiger partial charge in [-0.15, -0.1) is 22.7 Å². The summed E-state index contributed by atoms with van der Waals surface area (Å²) in [5.74, 6) is 0.173. The topological polar surface area (TPSA) is 52.7 Å². The van der Waals surface area contributed by atoms with Crippen LogP contribution in [0.4, 0.5) is 4.79 Å². The monoisotopic (exact) mass is 415 g/mol. The molecule has 148 valence electrons. The van der Waals surface area contributed by atoms with Crippen LogP contribution in [0.3, 0.4) is 0 Å². The number of hydrogen-bond donors (Lipinski definition) is 1. The number of imide groups is 1. The molecule has 2 fully saturated rings. The summed E-state index contributed by atoms with van der Waals surface area (Å²) >= 11 is 3.55. The van der Waals surface area contributed by atoms with Crippen LogP contribution in [0.5, 0.6) is 0 Å². The van der Waals surface area contributed by atoms with Crippen molar-refractivity contribution in [3.8, 4) is 0 Å². The van der Waals surface area contributed by atoms with Gasteiger partial charge in [-0.3, -0.25) is 9.69 Å². The van der Waals surface area contributed by atoms with E-state index in [-0.39, 0.29) is 23.9 Å². The van der Waals surface area contributed by atoms with Gasteiger partial charge in [-0.05, 0) is 53.6 Å². The van der Waals surface area contributed by atoms with Gasteiger partial charge in [-0.2, -0.15) is 0 Å². The molecule has 0 aromatic carbocycles. The Morgan fingerprint density at radius 1 is 1.21 bits per heavy atom.